The number of aromatic nitrogens is 2. The maximum atomic E-state index is 5.21. The van der Waals surface area contributed by atoms with Gasteiger partial charge in [-0.05, 0) is 20.3 Å². The highest BCUT2D eigenvalue weighted by molar-refractivity contribution is 5.30. The molecule has 0 spiro atoms. The number of hydrogen-bond donors (Lipinski definition) is 1. The van der Waals surface area contributed by atoms with Gasteiger partial charge in [-0.25, -0.2) is 4.98 Å². The number of nitrogens with one attached hydrogen (secondary N) is 1. The molecule has 1 aromatic rings. The lowest BCUT2D eigenvalue weighted by atomic mass is 10.2. The zero-order valence-electron chi connectivity index (χ0n) is 10.8. The van der Waals surface area contributed by atoms with Crippen molar-refractivity contribution in [2.24, 2.45) is 0 Å². The number of imidazole rings is 1. The molecular weight excluding hydrogens is 202 g/mol. The van der Waals surface area contributed by atoms with Crippen LogP contribution >= 0.6 is 0 Å². The fourth-order valence-electron chi connectivity index (χ4n) is 1.83. The number of rotatable bonds is 7. The molecule has 1 rings (SSSR count). The lowest BCUT2D eigenvalue weighted by Gasteiger charge is -2.18. The van der Waals surface area contributed by atoms with E-state index >= 15 is 0 Å². The molecule has 16 heavy (non-hydrogen) atoms. The topological polar surface area (TPSA) is 39.1 Å². The van der Waals surface area contributed by atoms with Gasteiger partial charge >= 0.3 is 0 Å². The Bertz CT molecular complexity index is 303. The number of methoxy groups -OCH3 is 1. The summed E-state index contributed by atoms with van der Waals surface area (Å²) in [6, 6.07) is 0.349. The van der Waals surface area contributed by atoms with Gasteiger partial charge in [0.1, 0.15) is 0 Å². The largest absolute Gasteiger partial charge is 0.383 e. The molecule has 1 aromatic heterocycles. The van der Waals surface area contributed by atoms with Crippen molar-refractivity contribution in [1.29, 1.82) is 0 Å². The molecule has 1 N–H and O–H groups in total. The standard InChI is InChI=1S/C12H23N3O/c1-5-7-11(9-16-4)14-12-13-10(3)8-15(12)6-2/h8,11H,5-7,9H2,1-4H3,(H,13,14). The van der Waals surface area contributed by atoms with E-state index in [4.69, 9.17) is 4.74 Å². The highest BCUT2D eigenvalue weighted by atomic mass is 16.5. The molecule has 0 bridgehead atoms. The molecule has 0 saturated heterocycles. The SMILES string of the molecule is CCCC(COC)Nc1nc(C)cn1CC. The summed E-state index contributed by atoms with van der Waals surface area (Å²) in [5, 5.41) is 3.45. The molecule has 1 unspecified atom stereocenters. The molecule has 1 heterocycles. The predicted octanol–water partition coefficient (Wildman–Crippen LogP) is 2.44. The van der Waals surface area contributed by atoms with E-state index in [-0.39, 0.29) is 0 Å². The van der Waals surface area contributed by atoms with Crippen LogP contribution in [0, 0.1) is 6.92 Å². The van der Waals surface area contributed by atoms with Crippen molar-refractivity contribution >= 4 is 5.95 Å². The smallest absolute Gasteiger partial charge is 0.203 e. The van der Waals surface area contributed by atoms with Crippen molar-refractivity contribution in [3.05, 3.63) is 11.9 Å². The average Bonchev–Trinajstić information content (AvgIpc) is 2.59. The average molecular weight is 225 g/mol. The molecule has 0 aliphatic heterocycles. The monoisotopic (exact) mass is 225 g/mol. The van der Waals surface area contributed by atoms with E-state index in [1.54, 1.807) is 7.11 Å². The van der Waals surface area contributed by atoms with E-state index < -0.39 is 0 Å². The van der Waals surface area contributed by atoms with Crippen LogP contribution in [0.3, 0.4) is 0 Å². The molecule has 0 saturated carbocycles. The number of anilines is 1. The van der Waals surface area contributed by atoms with E-state index in [1.165, 1.54) is 0 Å². The Morgan fingerprint density at radius 1 is 1.50 bits per heavy atom. The van der Waals surface area contributed by atoms with Crippen LogP contribution in [0.1, 0.15) is 32.4 Å². The van der Waals surface area contributed by atoms with Gasteiger partial charge in [-0.15, -0.1) is 0 Å². The zero-order chi connectivity index (χ0) is 12.0. The van der Waals surface area contributed by atoms with Crippen molar-refractivity contribution in [2.45, 2.75) is 46.2 Å². The van der Waals surface area contributed by atoms with Crippen LogP contribution in [-0.4, -0.2) is 29.3 Å². The van der Waals surface area contributed by atoms with Crippen molar-refractivity contribution in [3.8, 4) is 0 Å². The summed E-state index contributed by atoms with van der Waals surface area (Å²) in [5.74, 6) is 0.954. The van der Waals surface area contributed by atoms with E-state index in [2.05, 4.69) is 34.9 Å². The summed E-state index contributed by atoms with van der Waals surface area (Å²) in [6.45, 7) is 7.99. The van der Waals surface area contributed by atoms with Gasteiger partial charge in [0.05, 0.1) is 18.3 Å². The predicted molar refractivity (Wildman–Crippen MR) is 66.8 cm³/mol. The second-order valence-corrected chi connectivity index (χ2v) is 4.08. The molecule has 0 aliphatic carbocycles. The van der Waals surface area contributed by atoms with Crippen LogP contribution in [-0.2, 0) is 11.3 Å². The number of hydrogen-bond acceptors (Lipinski definition) is 3. The lowest BCUT2D eigenvalue weighted by Crippen LogP contribution is -2.26. The molecule has 4 nitrogen and oxygen atoms in total. The van der Waals surface area contributed by atoms with Crippen LogP contribution in [0.5, 0.6) is 0 Å². The highest BCUT2D eigenvalue weighted by Crippen LogP contribution is 2.11. The number of ether oxygens (including phenoxy) is 1. The van der Waals surface area contributed by atoms with E-state index in [1.807, 2.05) is 6.92 Å². The first kappa shape index (κ1) is 13.0. The summed E-state index contributed by atoms with van der Waals surface area (Å²) < 4.78 is 7.34. The summed E-state index contributed by atoms with van der Waals surface area (Å²) in [7, 11) is 1.74. The van der Waals surface area contributed by atoms with Gasteiger partial charge < -0.3 is 14.6 Å². The fourth-order valence-corrected chi connectivity index (χ4v) is 1.83. The van der Waals surface area contributed by atoms with Crippen molar-refractivity contribution in [2.75, 3.05) is 19.0 Å². The van der Waals surface area contributed by atoms with Gasteiger partial charge in [0.25, 0.3) is 0 Å². The minimum Gasteiger partial charge on any atom is -0.383 e. The third-order valence-electron chi connectivity index (χ3n) is 2.58. The second kappa shape index (κ2) is 6.53. The van der Waals surface area contributed by atoms with Crippen molar-refractivity contribution in [1.82, 2.24) is 9.55 Å². The summed E-state index contributed by atoms with van der Waals surface area (Å²) >= 11 is 0. The first-order valence-electron chi connectivity index (χ1n) is 6.00. The van der Waals surface area contributed by atoms with E-state index in [0.29, 0.717) is 6.04 Å². The van der Waals surface area contributed by atoms with Gasteiger partial charge in [-0.3, -0.25) is 0 Å². The molecule has 1 atom stereocenters. The third kappa shape index (κ3) is 3.52. The quantitative estimate of drug-likeness (QED) is 0.774. The minimum absolute atomic E-state index is 0.349. The van der Waals surface area contributed by atoms with E-state index in [9.17, 15) is 0 Å². The summed E-state index contributed by atoms with van der Waals surface area (Å²) in [5.41, 5.74) is 1.05. The fraction of sp³-hybridized carbons (Fsp3) is 0.750. The molecule has 92 valence electrons. The molecule has 0 amide bonds. The number of nitrogens with zero attached hydrogens (tertiary/aromatic N) is 2. The maximum absolute atomic E-state index is 5.21. The van der Waals surface area contributed by atoms with Gasteiger partial charge in [0, 0.05) is 19.9 Å². The lowest BCUT2D eigenvalue weighted by molar-refractivity contribution is 0.182. The van der Waals surface area contributed by atoms with Crippen LogP contribution in [0.25, 0.3) is 0 Å². The highest BCUT2D eigenvalue weighted by Gasteiger charge is 2.11. The van der Waals surface area contributed by atoms with Crippen molar-refractivity contribution in [3.63, 3.8) is 0 Å². The Balaban J connectivity index is 2.67. The first-order valence-corrected chi connectivity index (χ1v) is 6.00. The Morgan fingerprint density at radius 3 is 2.81 bits per heavy atom. The molecule has 0 aliphatic rings. The van der Waals surface area contributed by atoms with Gasteiger partial charge in [0.2, 0.25) is 5.95 Å². The van der Waals surface area contributed by atoms with Crippen LogP contribution < -0.4 is 5.32 Å². The molecular formula is C12H23N3O. The second-order valence-electron chi connectivity index (χ2n) is 4.08. The normalized spacial score (nSPS) is 12.8. The Hall–Kier alpha value is -1.03. The molecule has 0 radical (unpaired) electrons. The Labute approximate surface area is 98.0 Å². The molecule has 0 fully saturated rings. The van der Waals surface area contributed by atoms with Crippen molar-refractivity contribution < 1.29 is 4.74 Å². The van der Waals surface area contributed by atoms with Crippen LogP contribution in [0.2, 0.25) is 0 Å². The van der Waals surface area contributed by atoms with Gasteiger partial charge in [-0.1, -0.05) is 13.3 Å². The maximum Gasteiger partial charge on any atom is 0.203 e. The van der Waals surface area contributed by atoms with E-state index in [0.717, 1.165) is 37.6 Å². The molecule has 0 aromatic carbocycles. The molecule has 4 heteroatoms. The first-order chi connectivity index (χ1) is 7.71. The summed E-state index contributed by atoms with van der Waals surface area (Å²) in [6.07, 6.45) is 4.31. The third-order valence-corrected chi connectivity index (χ3v) is 2.58. The minimum atomic E-state index is 0.349. The number of aryl methyl sites for hydroxylation is 2. The Morgan fingerprint density at radius 2 is 2.25 bits per heavy atom. The Kier molecular flexibility index (Phi) is 5.32. The van der Waals surface area contributed by atoms with Crippen LogP contribution in [0.4, 0.5) is 5.95 Å². The van der Waals surface area contributed by atoms with Crippen LogP contribution in [0.15, 0.2) is 6.20 Å². The summed E-state index contributed by atoms with van der Waals surface area (Å²) in [4.78, 5) is 4.48. The van der Waals surface area contributed by atoms with Gasteiger partial charge in [0.15, 0.2) is 0 Å². The van der Waals surface area contributed by atoms with Gasteiger partial charge in [-0.2, -0.15) is 0 Å². The zero-order valence-corrected chi connectivity index (χ0v) is 10.8.